The summed E-state index contributed by atoms with van der Waals surface area (Å²) < 4.78 is 2.03. The zero-order valence-corrected chi connectivity index (χ0v) is 10.5. The quantitative estimate of drug-likeness (QED) is 0.804. The number of hydrogen-bond acceptors (Lipinski definition) is 2. The molecule has 15 heavy (non-hydrogen) atoms. The smallest absolute Gasteiger partial charge is 0.0522 e. The van der Waals surface area contributed by atoms with Gasteiger partial charge in [-0.05, 0) is 38.8 Å². The number of likely N-dealkylation sites (N-methyl/N-ethyl adjacent to an activating group) is 1. The van der Waals surface area contributed by atoms with Gasteiger partial charge in [-0.2, -0.15) is 5.10 Å². The molecule has 0 atom stereocenters. The van der Waals surface area contributed by atoms with Crippen molar-refractivity contribution in [2.24, 2.45) is 5.92 Å². The molecule has 1 aromatic rings. The molecular weight excluding hydrogens is 186 g/mol. The Kier molecular flexibility index (Phi) is 3.91. The van der Waals surface area contributed by atoms with Gasteiger partial charge in [-0.25, -0.2) is 0 Å². The van der Waals surface area contributed by atoms with Crippen molar-refractivity contribution in [1.82, 2.24) is 15.1 Å². The second kappa shape index (κ2) is 4.79. The number of aromatic nitrogens is 2. The molecule has 0 unspecified atom stereocenters. The van der Waals surface area contributed by atoms with Gasteiger partial charge in [0.1, 0.15) is 0 Å². The molecular formula is C12H23N3. The first-order chi connectivity index (χ1) is 6.93. The van der Waals surface area contributed by atoms with E-state index in [2.05, 4.69) is 44.3 Å². The van der Waals surface area contributed by atoms with E-state index in [9.17, 15) is 0 Å². The van der Waals surface area contributed by atoms with E-state index in [1.54, 1.807) is 0 Å². The second-order valence-corrected chi connectivity index (χ2v) is 5.28. The van der Waals surface area contributed by atoms with Crippen LogP contribution < -0.4 is 5.32 Å². The first-order valence-electron chi connectivity index (χ1n) is 5.63. The van der Waals surface area contributed by atoms with E-state index < -0.39 is 0 Å². The van der Waals surface area contributed by atoms with Crippen LogP contribution in [0.25, 0.3) is 0 Å². The average molecular weight is 209 g/mol. The zero-order chi connectivity index (χ0) is 11.5. The van der Waals surface area contributed by atoms with Crippen molar-refractivity contribution in [3.8, 4) is 0 Å². The lowest BCUT2D eigenvalue weighted by atomic mass is 9.97. The molecule has 86 valence electrons. The minimum absolute atomic E-state index is 0.145. The third-order valence-electron chi connectivity index (χ3n) is 2.56. The normalized spacial score (nSPS) is 12.4. The minimum atomic E-state index is 0.145. The lowest BCUT2D eigenvalue weighted by Gasteiger charge is -2.22. The molecule has 0 radical (unpaired) electrons. The Morgan fingerprint density at radius 2 is 2.13 bits per heavy atom. The zero-order valence-electron chi connectivity index (χ0n) is 10.5. The molecule has 1 heterocycles. The fraction of sp³-hybridized carbons (Fsp3) is 0.750. The summed E-state index contributed by atoms with van der Waals surface area (Å²) in [5.41, 5.74) is 1.45. The highest BCUT2D eigenvalue weighted by molar-refractivity contribution is 5.08. The van der Waals surface area contributed by atoms with Crippen molar-refractivity contribution >= 4 is 0 Å². The summed E-state index contributed by atoms with van der Waals surface area (Å²) in [5, 5.41) is 7.67. The molecule has 0 aromatic carbocycles. The van der Waals surface area contributed by atoms with E-state index >= 15 is 0 Å². The molecule has 0 aliphatic rings. The van der Waals surface area contributed by atoms with Gasteiger partial charge in [-0.1, -0.05) is 13.8 Å². The summed E-state index contributed by atoms with van der Waals surface area (Å²) in [7, 11) is 2.00. The van der Waals surface area contributed by atoms with Crippen molar-refractivity contribution in [2.45, 2.75) is 46.2 Å². The van der Waals surface area contributed by atoms with Crippen LogP contribution in [0, 0.1) is 5.92 Å². The maximum absolute atomic E-state index is 4.36. The van der Waals surface area contributed by atoms with Crippen LogP contribution in [0.3, 0.4) is 0 Å². The highest BCUT2D eigenvalue weighted by Gasteiger charge is 2.16. The number of hydrogen-bond donors (Lipinski definition) is 1. The Labute approximate surface area is 92.9 Å². The van der Waals surface area contributed by atoms with E-state index in [0.717, 1.165) is 13.0 Å². The molecule has 0 aliphatic carbocycles. The van der Waals surface area contributed by atoms with Crippen LogP contribution in [-0.2, 0) is 13.0 Å². The summed E-state index contributed by atoms with van der Waals surface area (Å²) in [5.74, 6) is 0.648. The summed E-state index contributed by atoms with van der Waals surface area (Å²) in [6.07, 6.45) is 5.14. The van der Waals surface area contributed by atoms with E-state index in [-0.39, 0.29) is 5.54 Å². The molecule has 0 fully saturated rings. The topological polar surface area (TPSA) is 29.9 Å². The number of nitrogens with zero attached hydrogens (tertiary/aromatic N) is 2. The van der Waals surface area contributed by atoms with E-state index in [1.807, 2.05) is 17.9 Å². The van der Waals surface area contributed by atoms with Crippen molar-refractivity contribution in [2.75, 3.05) is 7.05 Å². The predicted molar refractivity (Wildman–Crippen MR) is 63.9 cm³/mol. The van der Waals surface area contributed by atoms with Gasteiger partial charge in [0.25, 0.3) is 0 Å². The van der Waals surface area contributed by atoms with Gasteiger partial charge in [0.15, 0.2) is 0 Å². The molecule has 0 saturated carbocycles. The lowest BCUT2D eigenvalue weighted by Crippen LogP contribution is -2.38. The van der Waals surface area contributed by atoms with Gasteiger partial charge in [0, 0.05) is 18.3 Å². The molecule has 1 aromatic heterocycles. The Hall–Kier alpha value is -0.830. The number of rotatable bonds is 5. The molecule has 0 spiro atoms. The molecule has 1 rings (SSSR count). The third-order valence-corrected chi connectivity index (χ3v) is 2.56. The Balaban J connectivity index is 2.60. The first-order valence-corrected chi connectivity index (χ1v) is 5.63. The van der Waals surface area contributed by atoms with E-state index in [4.69, 9.17) is 0 Å². The summed E-state index contributed by atoms with van der Waals surface area (Å²) >= 11 is 0. The summed E-state index contributed by atoms with van der Waals surface area (Å²) in [6.45, 7) is 9.82. The van der Waals surface area contributed by atoms with E-state index in [1.165, 1.54) is 5.56 Å². The maximum atomic E-state index is 4.36. The van der Waals surface area contributed by atoms with Gasteiger partial charge in [0.2, 0.25) is 0 Å². The highest BCUT2D eigenvalue weighted by atomic mass is 15.3. The lowest BCUT2D eigenvalue weighted by molar-refractivity contribution is 0.421. The minimum Gasteiger partial charge on any atom is -0.314 e. The Morgan fingerprint density at radius 3 is 2.67 bits per heavy atom. The fourth-order valence-corrected chi connectivity index (χ4v) is 1.57. The van der Waals surface area contributed by atoms with Gasteiger partial charge < -0.3 is 5.32 Å². The molecule has 0 amide bonds. The Bertz CT molecular complexity index is 300. The summed E-state index contributed by atoms with van der Waals surface area (Å²) in [6, 6.07) is 0. The molecule has 0 bridgehead atoms. The number of nitrogens with one attached hydrogen (secondary N) is 1. The molecule has 0 aliphatic heterocycles. The monoisotopic (exact) mass is 209 g/mol. The van der Waals surface area contributed by atoms with Crippen LogP contribution in [0.1, 0.15) is 33.3 Å². The van der Waals surface area contributed by atoms with Gasteiger partial charge in [-0.15, -0.1) is 0 Å². The second-order valence-electron chi connectivity index (χ2n) is 5.28. The molecule has 3 nitrogen and oxygen atoms in total. The van der Waals surface area contributed by atoms with Gasteiger partial charge in [-0.3, -0.25) is 4.68 Å². The van der Waals surface area contributed by atoms with E-state index in [0.29, 0.717) is 5.92 Å². The predicted octanol–water partition coefficient (Wildman–Crippen LogP) is 2.08. The van der Waals surface area contributed by atoms with Gasteiger partial charge in [0.05, 0.1) is 6.20 Å². The van der Waals surface area contributed by atoms with Crippen LogP contribution >= 0.6 is 0 Å². The molecule has 0 saturated heterocycles. The van der Waals surface area contributed by atoms with Crippen molar-refractivity contribution < 1.29 is 0 Å². The van der Waals surface area contributed by atoms with Crippen LogP contribution in [0.15, 0.2) is 12.4 Å². The summed E-state index contributed by atoms with van der Waals surface area (Å²) in [4.78, 5) is 0. The van der Waals surface area contributed by atoms with Crippen molar-refractivity contribution in [3.05, 3.63) is 18.0 Å². The van der Waals surface area contributed by atoms with Crippen molar-refractivity contribution in [3.63, 3.8) is 0 Å². The van der Waals surface area contributed by atoms with Crippen LogP contribution in [0.2, 0.25) is 0 Å². The SMILES string of the molecule is CNC(C)(C)Cc1cnn(CC(C)C)c1. The van der Waals surface area contributed by atoms with Crippen molar-refractivity contribution in [1.29, 1.82) is 0 Å². The maximum Gasteiger partial charge on any atom is 0.0522 e. The third kappa shape index (κ3) is 4.04. The Morgan fingerprint density at radius 1 is 1.47 bits per heavy atom. The van der Waals surface area contributed by atoms with Crippen LogP contribution in [0.5, 0.6) is 0 Å². The van der Waals surface area contributed by atoms with Crippen LogP contribution in [0.4, 0.5) is 0 Å². The van der Waals surface area contributed by atoms with Gasteiger partial charge >= 0.3 is 0 Å². The highest BCUT2D eigenvalue weighted by Crippen LogP contribution is 2.11. The standard InChI is InChI=1S/C12H23N3/c1-10(2)8-15-9-11(7-14-15)6-12(3,4)13-5/h7,9-10,13H,6,8H2,1-5H3. The van der Waals surface area contributed by atoms with Crippen LogP contribution in [-0.4, -0.2) is 22.4 Å². The molecule has 3 heteroatoms. The first kappa shape index (κ1) is 12.2. The fourth-order valence-electron chi connectivity index (χ4n) is 1.57. The average Bonchev–Trinajstić information content (AvgIpc) is 2.50. The largest absolute Gasteiger partial charge is 0.314 e. The molecule has 1 N–H and O–H groups in total.